The van der Waals surface area contributed by atoms with Gasteiger partial charge in [0.1, 0.15) is 0 Å². The molecule has 1 N–H and O–H groups in total. The summed E-state index contributed by atoms with van der Waals surface area (Å²) in [6, 6.07) is 14.4. The predicted molar refractivity (Wildman–Crippen MR) is 81.0 cm³/mol. The zero-order valence-corrected chi connectivity index (χ0v) is 11.5. The fraction of sp³-hybridized carbons (Fsp3) is 0.188. The van der Waals surface area contributed by atoms with Crippen LogP contribution in [0.2, 0.25) is 0 Å². The molecule has 20 heavy (non-hydrogen) atoms. The van der Waals surface area contributed by atoms with Crippen LogP contribution in [0.25, 0.3) is 5.69 Å². The first-order valence-electron chi connectivity index (χ1n) is 6.85. The van der Waals surface area contributed by atoms with Crippen molar-refractivity contribution in [2.45, 2.75) is 20.0 Å². The molecule has 0 spiro atoms. The first-order chi connectivity index (χ1) is 9.86. The summed E-state index contributed by atoms with van der Waals surface area (Å²) in [7, 11) is 0. The van der Waals surface area contributed by atoms with E-state index in [-0.39, 0.29) is 0 Å². The third kappa shape index (κ3) is 2.59. The average molecular weight is 266 g/mol. The molecular weight excluding hydrogens is 248 g/mol. The molecule has 0 bridgehead atoms. The van der Waals surface area contributed by atoms with Crippen molar-refractivity contribution >= 4 is 5.69 Å². The van der Waals surface area contributed by atoms with Crippen LogP contribution in [-0.4, -0.2) is 14.3 Å². The lowest BCUT2D eigenvalue weighted by Gasteiger charge is -2.10. The van der Waals surface area contributed by atoms with Crippen molar-refractivity contribution < 1.29 is 0 Å². The summed E-state index contributed by atoms with van der Waals surface area (Å²) in [6.45, 7) is 3.99. The Morgan fingerprint density at radius 3 is 2.60 bits per heavy atom. The minimum absolute atomic E-state index is 0.835. The highest BCUT2D eigenvalue weighted by molar-refractivity contribution is 5.48. The predicted octanol–water partition coefficient (Wildman–Crippen LogP) is 3.31. The maximum absolute atomic E-state index is 4.22. The Morgan fingerprint density at radius 2 is 1.90 bits per heavy atom. The smallest absolute Gasteiger partial charge is 0.0647 e. The Hall–Kier alpha value is -2.49. The third-order valence-electron chi connectivity index (χ3n) is 3.37. The van der Waals surface area contributed by atoms with Crippen molar-refractivity contribution in [3.05, 3.63) is 66.7 Å². The summed E-state index contributed by atoms with van der Waals surface area (Å²) in [6.07, 6.45) is 5.83. The second kappa shape index (κ2) is 5.65. The second-order valence-corrected chi connectivity index (χ2v) is 4.64. The molecule has 0 atom stereocenters. The average Bonchev–Trinajstić information content (AvgIpc) is 3.16. The van der Waals surface area contributed by atoms with Crippen LogP contribution in [-0.2, 0) is 13.1 Å². The van der Waals surface area contributed by atoms with E-state index < -0.39 is 0 Å². The zero-order chi connectivity index (χ0) is 13.8. The van der Waals surface area contributed by atoms with E-state index in [0.29, 0.717) is 0 Å². The maximum Gasteiger partial charge on any atom is 0.0647 e. The molecule has 0 aliphatic carbocycles. The summed E-state index contributed by atoms with van der Waals surface area (Å²) >= 11 is 0. The second-order valence-electron chi connectivity index (χ2n) is 4.64. The van der Waals surface area contributed by atoms with Gasteiger partial charge in [0.05, 0.1) is 12.2 Å². The van der Waals surface area contributed by atoms with E-state index in [0.717, 1.165) is 24.5 Å². The number of nitrogens with one attached hydrogen (secondary N) is 1. The van der Waals surface area contributed by atoms with Gasteiger partial charge in [-0.15, -0.1) is 0 Å². The zero-order valence-electron chi connectivity index (χ0n) is 11.5. The van der Waals surface area contributed by atoms with E-state index in [1.54, 1.807) is 6.20 Å². The molecule has 0 saturated heterocycles. The molecule has 1 aromatic carbocycles. The number of aromatic nitrogens is 3. The van der Waals surface area contributed by atoms with Crippen LogP contribution in [0.5, 0.6) is 0 Å². The molecule has 0 saturated carbocycles. The molecule has 102 valence electrons. The van der Waals surface area contributed by atoms with Gasteiger partial charge in [0, 0.05) is 36.5 Å². The van der Waals surface area contributed by atoms with Crippen molar-refractivity contribution in [3.8, 4) is 5.69 Å². The number of nitrogens with zero attached hydrogens (tertiary/aromatic N) is 3. The molecule has 2 heterocycles. The highest BCUT2D eigenvalue weighted by Gasteiger charge is 2.00. The number of aryl methyl sites for hydroxylation is 1. The van der Waals surface area contributed by atoms with Gasteiger partial charge < -0.3 is 9.88 Å². The summed E-state index contributed by atoms with van der Waals surface area (Å²) in [4.78, 5) is 0. The van der Waals surface area contributed by atoms with Gasteiger partial charge in [0.25, 0.3) is 0 Å². The molecule has 4 nitrogen and oxygen atoms in total. The van der Waals surface area contributed by atoms with Gasteiger partial charge in [-0.05, 0) is 49.4 Å². The van der Waals surface area contributed by atoms with E-state index in [9.17, 15) is 0 Å². The summed E-state index contributed by atoms with van der Waals surface area (Å²) in [5.74, 6) is 0. The van der Waals surface area contributed by atoms with Crippen LogP contribution in [0.15, 0.2) is 61.1 Å². The highest BCUT2D eigenvalue weighted by Crippen LogP contribution is 2.14. The number of hydrogen-bond donors (Lipinski definition) is 1. The summed E-state index contributed by atoms with van der Waals surface area (Å²) in [5, 5.41) is 7.66. The Balaban J connectivity index is 1.67. The van der Waals surface area contributed by atoms with Crippen LogP contribution in [0.1, 0.15) is 12.6 Å². The minimum Gasteiger partial charge on any atom is -0.379 e. The van der Waals surface area contributed by atoms with E-state index in [2.05, 4.69) is 64.5 Å². The van der Waals surface area contributed by atoms with Crippen molar-refractivity contribution in [1.82, 2.24) is 14.3 Å². The van der Waals surface area contributed by atoms with Crippen molar-refractivity contribution in [2.75, 3.05) is 5.32 Å². The van der Waals surface area contributed by atoms with E-state index >= 15 is 0 Å². The van der Waals surface area contributed by atoms with Crippen LogP contribution < -0.4 is 5.32 Å². The standard InChI is InChI=1S/C16H18N4/c1-2-19-11-3-5-16(19)13-17-14-6-8-15(9-7-14)20-12-4-10-18-20/h3-12,17H,2,13H2,1H3. The van der Waals surface area contributed by atoms with Crippen LogP contribution in [0, 0.1) is 0 Å². The lowest BCUT2D eigenvalue weighted by atomic mass is 10.2. The fourth-order valence-electron chi connectivity index (χ4n) is 2.26. The fourth-order valence-corrected chi connectivity index (χ4v) is 2.26. The quantitative estimate of drug-likeness (QED) is 0.769. The van der Waals surface area contributed by atoms with Crippen LogP contribution >= 0.6 is 0 Å². The van der Waals surface area contributed by atoms with Crippen LogP contribution in [0.4, 0.5) is 5.69 Å². The number of anilines is 1. The monoisotopic (exact) mass is 266 g/mol. The van der Waals surface area contributed by atoms with Gasteiger partial charge in [-0.1, -0.05) is 0 Å². The van der Waals surface area contributed by atoms with Crippen molar-refractivity contribution in [2.24, 2.45) is 0 Å². The first-order valence-corrected chi connectivity index (χ1v) is 6.85. The van der Waals surface area contributed by atoms with Gasteiger partial charge in [0.2, 0.25) is 0 Å². The molecule has 0 fully saturated rings. The molecule has 0 aliphatic rings. The van der Waals surface area contributed by atoms with Gasteiger partial charge >= 0.3 is 0 Å². The molecule has 3 aromatic rings. The van der Waals surface area contributed by atoms with Gasteiger partial charge in [-0.2, -0.15) is 5.10 Å². The number of benzene rings is 1. The van der Waals surface area contributed by atoms with Gasteiger partial charge in [-0.25, -0.2) is 4.68 Å². The third-order valence-corrected chi connectivity index (χ3v) is 3.37. The number of rotatable bonds is 5. The highest BCUT2D eigenvalue weighted by atomic mass is 15.3. The summed E-state index contributed by atoms with van der Waals surface area (Å²) in [5.41, 5.74) is 3.48. The Bertz CT molecular complexity index is 650. The first kappa shape index (κ1) is 12.5. The normalized spacial score (nSPS) is 10.7. The van der Waals surface area contributed by atoms with Crippen molar-refractivity contribution in [1.29, 1.82) is 0 Å². The molecule has 0 aliphatic heterocycles. The molecule has 0 radical (unpaired) electrons. The SMILES string of the molecule is CCn1cccc1CNc1ccc(-n2cccn2)cc1. The van der Waals surface area contributed by atoms with E-state index in [1.165, 1.54) is 5.69 Å². The lowest BCUT2D eigenvalue weighted by molar-refractivity contribution is 0.724. The Kier molecular flexibility index (Phi) is 3.54. The summed E-state index contributed by atoms with van der Waals surface area (Å²) < 4.78 is 4.09. The number of hydrogen-bond acceptors (Lipinski definition) is 2. The maximum atomic E-state index is 4.22. The lowest BCUT2D eigenvalue weighted by Crippen LogP contribution is -2.06. The topological polar surface area (TPSA) is 34.8 Å². The van der Waals surface area contributed by atoms with Crippen LogP contribution in [0.3, 0.4) is 0 Å². The molecule has 0 amide bonds. The minimum atomic E-state index is 0.835. The Labute approximate surface area is 118 Å². The van der Waals surface area contributed by atoms with Gasteiger partial charge in [0.15, 0.2) is 0 Å². The largest absolute Gasteiger partial charge is 0.379 e. The van der Waals surface area contributed by atoms with E-state index in [4.69, 9.17) is 0 Å². The molecule has 0 unspecified atom stereocenters. The van der Waals surface area contributed by atoms with Crippen molar-refractivity contribution in [3.63, 3.8) is 0 Å². The molecule has 4 heteroatoms. The molecule has 2 aromatic heterocycles. The van der Waals surface area contributed by atoms with Gasteiger partial charge in [-0.3, -0.25) is 0 Å². The Morgan fingerprint density at radius 1 is 1.05 bits per heavy atom. The molecular formula is C16H18N4. The van der Waals surface area contributed by atoms with E-state index in [1.807, 2.05) is 16.9 Å². The molecule has 3 rings (SSSR count).